The summed E-state index contributed by atoms with van der Waals surface area (Å²) in [4.78, 5) is 4.32. The Morgan fingerprint density at radius 2 is 2.18 bits per heavy atom. The van der Waals surface area contributed by atoms with Crippen molar-refractivity contribution in [3.05, 3.63) is 24.0 Å². The van der Waals surface area contributed by atoms with E-state index in [1.54, 1.807) is 11.8 Å². The third-order valence-corrected chi connectivity index (χ3v) is 3.60. The van der Waals surface area contributed by atoms with E-state index in [0.717, 1.165) is 29.1 Å². The molecule has 0 aromatic carbocycles. The minimum absolute atomic E-state index is 0.410. The summed E-state index contributed by atoms with van der Waals surface area (Å²) in [6.07, 6.45) is 3.80. The van der Waals surface area contributed by atoms with E-state index in [0.29, 0.717) is 6.54 Å². The van der Waals surface area contributed by atoms with Gasteiger partial charge in [0.15, 0.2) is 5.16 Å². The largest absolute Gasteiger partial charge is 0.335 e. The zero-order valence-electron chi connectivity index (χ0n) is 10.00. The van der Waals surface area contributed by atoms with Gasteiger partial charge < -0.3 is 14.9 Å². The van der Waals surface area contributed by atoms with Crippen LogP contribution in [0, 0.1) is 0 Å². The van der Waals surface area contributed by atoms with Crippen molar-refractivity contribution in [3.8, 4) is 0 Å². The van der Waals surface area contributed by atoms with Gasteiger partial charge in [0.2, 0.25) is 0 Å². The molecule has 92 valence electrons. The molecule has 0 spiro atoms. The Morgan fingerprint density at radius 3 is 2.82 bits per heavy atom. The number of aromatic nitrogens is 5. The van der Waals surface area contributed by atoms with Crippen LogP contribution in [0.1, 0.15) is 18.6 Å². The third kappa shape index (κ3) is 2.50. The second kappa shape index (κ2) is 5.33. The number of thioether (sulfide) groups is 1. The second-order valence-corrected chi connectivity index (χ2v) is 4.52. The second-order valence-electron chi connectivity index (χ2n) is 3.58. The highest BCUT2D eigenvalue weighted by molar-refractivity contribution is 7.98. The summed E-state index contributed by atoms with van der Waals surface area (Å²) < 4.78 is 4.04. The van der Waals surface area contributed by atoms with Crippen LogP contribution in [0.5, 0.6) is 0 Å². The molecular formula is C10H16N6S. The number of hydrogen-bond acceptors (Lipinski definition) is 5. The van der Waals surface area contributed by atoms with Crippen LogP contribution in [0.15, 0.2) is 17.6 Å². The molecule has 2 aromatic heterocycles. The zero-order valence-corrected chi connectivity index (χ0v) is 10.8. The van der Waals surface area contributed by atoms with E-state index in [9.17, 15) is 0 Å². The minimum Gasteiger partial charge on any atom is -0.335 e. The van der Waals surface area contributed by atoms with Gasteiger partial charge >= 0.3 is 0 Å². The fourth-order valence-corrected chi connectivity index (χ4v) is 2.44. The molecule has 0 saturated carbocycles. The molecule has 2 rings (SSSR count). The fourth-order valence-electron chi connectivity index (χ4n) is 1.55. The Morgan fingerprint density at radius 1 is 1.35 bits per heavy atom. The molecule has 2 aromatic rings. The lowest BCUT2D eigenvalue weighted by Gasteiger charge is -2.04. The van der Waals surface area contributed by atoms with Gasteiger partial charge in [-0.15, -0.1) is 10.2 Å². The Hall–Kier alpha value is -1.34. The topological polar surface area (TPSA) is 74.6 Å². The van der Waals surface area contributed by atoms with Crippen LogP contribution in [0.3, 0.4) is 0 Å². The van der Waals surface area contributed by atoms with Gasteiger partial charge in [0.25, 0.3) is 0 Å². The molecule has 0 aliphatic carbocycles. The standard InChI is InChI=1S/C10H16N6S/c1-3-16-5-4-12-9(16)7-17-10-14-13-8(6-11)15(10)2/h4-5H,3,6-7,11H2,1-2H3. The predicted octanol–water partition coefficient (Wildman–Crippen LogP) is 0.782. The monoisotopic (exact) mass is 252 g/mol. The van der Waals surface area contributed by atoms with Crippen LogP contribution in [-0.4, -0.2) is 24.3 Å². The first kappa shape index (κ1) is 12.1. The van der Waals surface area contributed by atoms with E-state index in [1.165, 1.54) is 0 Å². The molecule has 0 atom stereocenters. The summed E-state index contributed by atoms with van der Waals surface area (Å²) in [7, 11) is 1.93. The molecule has 6 nitrogen and oxygen atoms in total. The molecule has 0 aliphatic rings. The normalized spacial score (nSPS) is 11.0. The summed E-state index contributed by atoms with van der Waals surface area (Å²) in [5, 5.41) is 8.99. The summed E-state index contributed by atoms with van der Waals surface area (Å²) in [5.41, 5.74) is 5.55. The van der Waals surface area contributed by atoms with Gasteiger partial charge in [0.1, 0.15) is 11.6 Å². The van der Waals surface area contributed by atoms with Gasteiger partial charge in [-0.1, -0.05) is 11.8 Å². The first-order chi connectivity index (χ1) is 8.26. The molecule has 7 heteroatoms. The van der Waals surface area contributed by atoms with Crippen molar-refractivity contribution >= 4 is 11.8 Å². The van der Waals surface area contributed by atoms with E-state index in [4.69, 9.17) is 5.73 Å². The molecule has 0 aliphatic heterocycles. The molecule has 17 heavy (non-hydrogen) atoms. The predicted molar refractivity (Wildman–Crippen MR) is 66.4 cm³/mol. The van der Waals surface area contributed by atoms with E-state index < -0.39 is 0 Å². The van der Waals surface area contributed by atoms with Crippen LogP contribution in [0.2, 0.25) is 0 Å². The molecule has 0 radical (unpaired) electrons. The Labute approximate surface area is 104 Å². The maximum atomic E-state index is 5.55. The number of rotatable bonds is 5. The van der Waals surface area contributed by atoms with Crippen molar-refractivity contribution in [2.75, 3.05) is 0 Å². The van der Waals surface area contributed by atoms with E-state index >= 15 is 0 Å². The van der Waals surface area contributed by atoms with Crippen LogP contribution in [-0.2, 0) is 25.9 Å². The Bertz CT molecular complexity index is 489. The first-order valence-corrected chi connectivity index (χ1v) is 6.46. The van der Waals surface area contributed by atoms with Crippen molar-refractivity contribution in [1.82, 2.24) is 24.3 Å². The van der Waals surface area contributed by atoms with Crippen molar-refractivity contribution in [1.29, 1.82) is 0 Å². The number of nitrogens with zero attached hydrogens (tertiary/aromatic N) is 5. The zero-order chi connectivity index (χ0) is 12.3. The van der Waals surface area contributed by atoms with E-state index in [-0.39, 0.29) is 0 Å². The summed E-state index contributed by atoms with van der Waals surface area (Å²) in [6, 6.07) is 0. The molecule has 2 heterocycles. The summed E-state index contributed by atoms with van der Waals surface area (Å²) >= 11 is 1.62. The molecule has 0 bridgehead atoms. The first-order valence-electron chi connectivity index (χ1n) is 5.47. The lowest BCUT2D eigenvalue weighted by Crippen LogP contribution is -2.05. The van der Waals surface area contributed by atoms with Crippen molar-refractivity contribution in [3.63, 3.8) is 0 Å². The number of nitrogens with two attached hydrogens (primary N) is 1. The maximum absolute atomic E-state index is 5.55. The highest BCUT2D eigenvalue weighted by Crippen LogP contribution is 2.20. The minimum atomic E-state index is 0.410. The fraction of sp³-hybridized carbons (Fsp3) is 0.500. The van der Waals surface area contributed by atoms with Gasteiger partial charge in [0.05, 0.1) is 12.3 Å². The summed E-state index contributed by atoms with van der Waals surface area (Å²) in [6.45, 7) is 3.45. The van der Waals surface area contributed by atoms with Crippen molar-refractivity contribution < 1.29 is 0 Å². The molecule has 2 N–H and O–H groups in total. The van der Waals surface area contributed by atoms with Gasteiger partial charge in [-0.2, -0.15) is 0 Å². The van der Waals surface area contributed by atoms with Crippen LogP contribution in [0.4, 0.5) is 0 Å². The Balaban J connectivity index is 2.05. The van der Waals surface area contributed by atoms with Crippen LogP contribution in [0.25, 0.3) is 0 Å². The molecule has 0 amide bonds. The van der Waals surface area contributed by atoms with Crippen molar-refractivity contribution in [2.24, 2.45) is 12.8 Å². The highest BCUT2D eigenvalue weighted by Gasteiger charge is 2.09. The maximum Gasteiger partial charge on any atom is 0.191 e. The SMILES string of the molecule is CCn1ccnc1CSc1nnc(CN)n1C. The molecule has 0 fully saturated rings. The lowest BCUT2D eigenvalue weighted by molar-refractivity contribution is 0.719. The number of aryl methyl sites for hydroxylation is 1. The molecule has 0 unspecified atom stereocenters. The summed E-state index contributed by atoms with van der Waals surface area (Å²) in [5.74, 6) is 2.64. The van der Waals surface area contributed by atoms with E-state index in [2.05, 4.69) is 26.7 Å². The van der Waals surface area contributed by atoms with Crippen LogP contribution < -0.4 is 5.73 Å². The average molecular weight is 252 g/mol. The Kier molecular flexibility index (Phi) is 3.80. The third-order valence-electron chi connectivity index (χ3n) is 2.58. The van der Waals surface area contributed by atoms with Gasteiger partial charge in [-0.05, 0) is 6.92 Å². The molecular weight excluding hydrogens is 236 g/mol. The number of hydrogen-bond donors (Lipinski definition) is 1. The van der Waals surface area contributed by atoms with Crippen molar-refractivity contribution in [2.45, 2.75) is 30.9 Å². The lowest BCUT2D eigenvalue weighted by atomic mass is 10.6. The van der Waals surface area contributed by atoms with E-state index in [1.807, 2.05) is 24.0 Å². The molecule has 0 saturated heterocycles. The average Bonchev–Trinajstić information content (AvgIpc) is 2.93. The van der Waals surface area contributed by atoms with Gasteiger partial charge in [0, 0.05) is 26.0 Å². The number of imidazole rings is 1. The quantitative estimate of drug-likeness (QED) is 0.796. The van der Waals surface area contributed by atoms with Gasteiger partial charge in [-0.25, -0.2) is 4.98 Å². The van der Waals surface area contributed by atoms with Crippen LogP contribution >= 0.6 is 11.8 Å². The highest BCUT2D eigenvalue weighted by atomic mass is 32.2. The van der Waals surface area contributed by atoms with Gasteiger partial charge in [-0.3, -0.25) is 0 Å². The smallest absolute Gasteiger partial charge is 0.191 e.